The van der Waals surface area contributed by atoms with Crippen molar-refractivity contribution in [1.82, 2.24) is 4.31 Å². The normalized spacial score (nSPS) is 17.9. The molecule has 140 valence electrons. The molecule has 2 aromatic rings. The molecular weight excluding hydrogens is 366 g/mol. The number of anilines is 2. The summed E-state index contributed by atoms with van der Waals surface area (Å²) in [5.74, 6) is -1.24. The third-order valence-corrected chi connectivity index (χ3v) is 6.61. The Morgan fingerprint density at radius 2 is 1.67 bits per heavy atom. The van der Waals surface area contributed by atoms with Gasteiger partial charge in [-0.3, -0.25) is 9.59 Å². The first-order valence-electron chi connectivity index (χ1n) is 8.78. The predicted molar refractivity (Wildman–Crippen MR) is 101 cm³/mol. The van der Waals surface area contributed by atoms with E-state index in [0.29, 0.717) is 9.99 Å². The van der Waals surface area contributed by atoms with E-state index in [9.17, 15) is 18.0 Å². The Labute approximate surface area is 157 Å². The molecule has 1 fully saturated rings. The molecule has 2 aliphatic heterocycles. The fourth-order valence-corrected chi connectivity index (χ4v) is 4.97. The van der Waals surface area contributed by atoms with Crippen LogP contribution in [0.15, 0.2) is 53.4 Å². The molecule has 7 nitrogen and oxygen atoms in total. The molecule has 1 saturated heterocycles. The molecule has 2 aliphatic rings. The third-order valence-electron chi connectivity index (χ3n) is 4.82. The van der Waals surface area contributed by atoms with E-state index >= 15 is 0 Å². The molecule has 8 heteroatoms. The number of fused-ring (bicyclic) bond motifs is 1. The second-order valence-corrected chi connectivity index (χ2v) is 8.43. The molecule has 0 saturated carbocycles. The molecule has 1 N–H and O–H groups in total. The van der Waals surface area contributed by atoms with Crippen LogP contribution in [0.3, 0.4) is 0 Å². The lowest BCUT2D eigenvalue weighted by atomic mass is 10.2. The lowest BCUT2D eigenvalue weighted by molar-refractivity contribution is -0.116. The Bertz CT molecular complexity index is 996. The molecule has 0 bridgehead atoms. The maximum absolute atomic E-state index is 12.5. The topological polar surface area (TPSA) is 86.8 Å². The lowest BCUT2D eigenvalue weighted by Crippen LogP contribution is -2.37. The highest BCUT2D eigenvalue weighted by molar-refractivity contribution is 7.90. The average Bonchev–Trinajstić information content (AvgIpc) is 3.26. The molecule has 2 aromatic carbocycles. The second kappa shape index (κ2) is 6.70. The van der Waals surface area contributed by atoms with Gasteiger partial charge in [-0.15, -0.1) is 0 Å². The predicted octanol–water partition coefficient (Wildman–Crippen LogP) is 2.07. The summed E-state index contributed by atoms with van der Waals surface area (Å²) in [6, 6.07) is 13.4. The Morgan fingerprint density at radius 3 is 2.33 bits per heavy atom. The number of sulfonamides is 1. The Balaban J connectivity index is 1.45. The number of hydrogen-bond donors (Lipinski definition) is 1. The van der Waals surface area contributed by atoms with Gasteiger partial charge in [0, 0.05) is 24.5 Å². The van der Waals surface area contributed by atoms with Crippen LogP contribution in [-0.4, -0.2) is 44.2 Å². The fourth-order valence-electron chi connectivity index (χ4n) is 3.45. The Hall–Kier alpha value is -2.87. The number of carbonyl (C=O) groups excluding carboxylic acids is 2. The zero-order chi connectivity index (χ0) is 19.0. The standard InChI is InChI=1S/C19H19N3O4S/c23-18(20-14-7-9-15(10-8-14)21-11-3-4-12-21)13-22-19(24)16-5-1-2-6-17(16)27(22,25)26/h1-2,5-10H,3-4,11-13H2,(H,20,23). The molecule has 0 aliphatic carbocycles. The number of nitrogens with zero attached hydrogens (tertiary/aromatic N) is 2. The first kappa shape index (κ1) is 17.5. The molecule has 0 spiro atoms. The molecule has 0 unspecified atom stereocenters. The monoisotopic (exact) mass is 385 g/mol. The van der Waals surface area contributed by atoms with Crippen LogP contribution in [0.4, 0.5) is 11.4 Å². The quantitative estimate of drug-likeness (QED) is 0.871. The number of rotatable bonds is 4. The minimum atomic E-state index is -3.98. The molecule has 4 rings (SSSR count). The van der Waals surface area contributed by atoms with E-state index in [1.807, 2.05) is 12.1 Å². The van der Waals surface area contributed by atoms with Crippen molar-refractivity contribution < 1.29 is 18.0 Å². The Kier molecular flexibility index (Phi) is 4.35. The molecule has 0 atom stereocenters. The van der Waals surface area contributed by atoms with E-state index < -0.39 is 28.4 Å². The fraction of sp³-hybridized carbons (Fsp3) is 0.263. The van der Waals surface area contributed by atoms with Crippen LogP contribution < -0.4 is 10.2 Å². The highest BCUT2D eigenvalue weighted by Gasteiger charge is 2.41. The van der Waals surface area contributed by atoms with E-state index in [0.717, 1.165) is 18.8 Å². The van der Waals surface area contributed by atoms with E-state index in [-0.39, 0.29) is 10.5 Å². The maximum atomic E-state index is 12.5. The van der Waals surface area contributed by atoms with Gasteiger partial charge in [-0.05, 0) is 49.2 Å². The van der Waals surface area contributed by atoms with E-state index in [1.54, 1.807) is 24.3 Å². The van der Waals surface area contributed by atoms with Gasteiger partial charge in [0.1, 0.15) is 11.4 Å². The van der Waals surface area contributed by atoms with Crippen molar-refractivity contribution in [1.29, 1.82) is 0 Å². The van der Waals surface area contributed by atoms with Crippen LogP contribution in [0, 0.1) is 0 Å². The summed E-state index contributed by atoms with van der Waals surface area (Å²) >= 11 is 0. The highest BCUT2D eigenvalue weighted by Crippen LogP contribution is 2.29. The summed E-state index contributed by atoms with van der Waals surface area (Å²) in [6.45, 7) is 1.51. The number of benzene rings is 2. The zero-order valence-corrected chi connectivity index (χ0v) is 15.4. The van der Waals surface area contributed by atoms with Crippen LogP contribution in [-0.2, 0) is 14.8 Å². The SMILES string of the molecule is O=C(CN1C(=O)c2ccccc2S1(=O)=O)Nc1ccc(N2CCCC2)cc1. The van der Waals surface area contributed by atoms with Crippen molar-refractivity contribution in [3.63, 3.8) is 0 Å². The van der Waals surface area contributed by atoms with Gasteiger partial charge in [0.2, 0.25) is 5.91 Å². The number of amides is 2. The summed E-state index contributed by atoms with van der Waals surface area (Å²) < 4.78 is 25.6. The summed E-state index contributed by atoms with van der Waals surface area (Å²) in [7, 11) is -3.98. The van der Waals surface area contributed by atoms with Crippen LogP contribution in [0.5, 0.6) is 0 Å². The smallest absolute Gasteiger partial charge is 0.269 e. The van der Waals surface area contributed by atoms with Gasteiger partial charge < -0.3 is 10.2 Å². The minimum absolute atomic E-state index is 0.0576. The number of carbonyl (C=O) groups is 2. The van der Waals surface area contributed by atoms with E-state index in [1.165, 1.54) is 25.0 Å². The van der Waals surface area contributed by atoms with Crippen LogP contribution in [0.25, 0.3) is 0 Å². The molecule has 2 heterocycles. The van der Waals surface area contributed by atoms with Gasteiger partial charge in [0.15, 0.2) is 0 Å². The van der Waals surface area contributed by atoms with Crippen LogP contribution in [0.1, 0.15) is 23.2 Å². The maximum Gasteiger partial charge on any atom is 0.269 e. The molecular formula is C19H19N3O4S. The van der Waals surface area contributed by atoms with Gasteiger partial charge in [-0.25, -0.2) is 12.7 Å². The lowest BCUT2D eigenvalue weighted by Gasteiger charge is -2.18. The zero-order valence-electron chi connectivity index (χ0n) is 14.6. The molecule has 2 amide bonds. The van der Waals surface area contributed by atoms with E-state index in [4.69, 9.17) is 0 Å². The van der Waals surface area contributed by atoms with E-state index in [2.05, 4.69) is 10.2 Å². The first-order chi connectivity index (χ1) is 13.0. The van der Waals surface area contributed by atoms with Gasteiger partial charge in [0.25, 0.3) is 15.9 Å². The van der Waals surface area contributed by atoms with Crippen LogP contribution >= 0.6 is 0 Å². The van der Waals surface area contributed by atoms with Crippen molar-refractivity contribution in [3.05, 3.63) is 54.1 Å². The second-order valence-electron chi connectivity index (χ2n) is 6.60. The third kappa shape index (κ3) is 3.16. The molecule has 27 heavy (non-hydrogen) atoms. The van der Waals surface area contributed by atoms with Crippen molar-refractivity contribution in [2.45, 2.75) is 17.7 Å². The Morgan fingerprint density at radius 1 is 1.00 bits per heavy atom. The largest absolute Gasteiger partial charge is 0.372 e. The summed E-state index contributed by atoms with van der Waals surface area (Å²) in [6.07, 6.45) is 2.36. The molecule has 0 aromatic heterocycles. The van der Waals surface area contributed by atoms with Gasteiger partial charge in [-0.2, -0.15) is 0 Å². The van der Waals surface area contributed by atoms with Crippen molar-refractivity contribution >= 4 is 33.2 Å². The first-order valence-corrected chi connectivity index (χ1v) is 10.2. The number of hydrogen-bond acceptors (Lipinski definition) is 5. The summed E-state index contributed by atoms with van der Waals surface area (Å²) in [5.41, 5.74) is 1.75. The van der Waals surface area contributed by atoms with Crippen molar-refractivity contribution in [2.24, 2.45) is 0 Å². The van der Waals surface area contributed by atoms with Gasteiger partial charge in [0.05, 0.1) is 5.56 Å². The van der Waals surface area contributed by atoms with Crippen molar-refractivity contribution in [2.75, 3.05) is 29.9 Å². The average molecular weight is 385 g/mol. The highest BCUT2D eigenvalue weighted by atomic mass is 32.2. The number of nitrogens with one attached hydrogen (secondary N) is 1. The van der Waals surface area contributed by atoms with Crippen LogP contribution in [0.2, 0.25) is 0 Å². The van der Waals surface area contributed by atoms with Crippen molar-refractivity contribution in [3.8, 4) is 0 Å². The minimum Gasteiger partial charge on any atom is -0.372 e. The summed E-state index contributed by atoms with van der Waals surface area (Å²) in [4.78, 5) is 26.9. The van der Waals surface area contributed by atoms with Gasteiger partial charge in [-0.1, -0.05) is 12.1 Å². The molecule has 0 radical (unpaired) electrons. The summed E-state index contributed by atoms with van der Waals surface area (Å²) in [5, 5.41) is 2.66. The van der Waals surface area contributed by atoms with Gasteiger partial charge >= 0.3 is 0 Å².